The molecule has 8 heteroatoms. The third kappa shape index (κ3) is 3.51. The molecule has 2 aliphatic rings. The number of hydrogen-bond donors (Lipinski definition) is 4. The summed E-state index contributed by atoms with van der Waals surface area (Å²) in [7, 11) is 1.91. The highest BCUT2D eigenvalue weighted by Gasteiger charge is 2.30. The number of allylic oxidation sites excluding steroid dienone is 1. The molecule has 158 valence electrons. The predicted octanol–water partition coefficient (Wildman–Crippen LogP) is 3.36. The molecule has 4 N–H and O–H groups in total. The highest BCUT2D eigenvalue weighted by Crippen LogP contribution is 2.39. The van der Waals surface area contributed by atoms with Crippen molar-refractivity contribution in [3.8, 4) is 11.1 Å². The Morgan fingerprint density at radius 1 is 1.23 bits per heavy atom. The van der Waals surface area contributed by atoms with Gasteiger partial charge in [0.2, 0.25) is 0 Å². The molecular formula is C23H24N6O2. The number of hydrazine groups is 2. The van der Waals surface area contributed by atoms with Crippen LogP contribution in [0.25, 0.3) is 16.8 Å². The normalized spacial score (nSPS) is 17.6. The monoisotopic (exact) mass is 416 g/mol. The Bertz CT molecular complexity index is 1200. The van der Waals surface area contributed by atoms with Crippen molar-refractivity contribution in [1.82, 2.24) is 25.7 Å². The van der Waals surface area contributed by atoms with E-state index in [1.807, 2.05) is 25.5 Å². The van der Waals surface area contributed by atoms with Crippen LogP contribution in [0.2, 0.25) is 0 Å². The number of nitrogens with one attached hydrogen (secondary N) is 3. The SMILES string of the molecule is CC1=C2c3ccc(-c4cnn(C)c4)cc3C(Nc3cccc(C(=O)O)c3)CCN2NN1. The quantitative estimate of drug-likeness (QED) is 0.518. The van der Waals surface area contributed by atoms with Crippen molar-refractivity contribution in [1.29, 1.82) is 0 Å². The lowest BCUT2D eigenvalue weighted by Gasteiger charge is -2.21. The van der Waals surface area contributed by atoms with Gasteiger partial charge in [-0.15, -0.1) is 5.53 Å². The Balaban J connectivity index is 1.59. The third-order valence-electron chi connectivity index (χ3n) is 5.82. The van der Waals surface area contributed by atoms with Crippen LogP contribution in [-0.2, 0) is 7.05 Å². The summed E-state index contributed by atoms with van der Waals surface area (Å²) in [6.07, 6.45) is 4.71. The van der Waals surface area contributed by atoms with E-state index in [2.05, 4.69) is 51.5 Å². The molecule has 0 bridgehead atoms. The second-order valence-electron chi connectivity index (χ2n) is 7.94. The van der Waals surface area contributed by atoms with Crippen LogP contribution in [0.3, 0.4) is 0 Å². The predicted molar refractivity (Wildman–Crippen MR) is 119 cm³/mol. The number of aryl methyl sites for hydroxylation is 1. The molecule has 2 aliphatic heterocycles. The number of benzene rings is 2. The summed E-state index contributed by atoms with van der Waals surface area (Å²) in [5, 5.41) is 19.4. The maximum Gasteiger partial charge on any atom is 0.335 e. The van der Waals surface area contributed by atoms with Crippen molar-refractivity contribution >= 4 is 17.4 Å². The number of carboxylic acids is 1. The number of nitrogens with zero attached hydrogens (tertiary/aromatic N) is 3. The molecule has 0 aliphatic carbocycles. The van der Waals surface area contributed by atoms with Gasteiger partial charge >= 0.3 is 5.97 Å². The van der Waals surface area contributed by atoms with Crippen molar-refractivity contribution in [3.63, 3.8) is 0 Å². The number of aromatic carboxylic acids is 1. The van der Waals surface area contributed by atoms with Gasteiger partial charge in [0.25, 0.3) is 0 Å². The van der Waals surface area contributed by atoms with Crippen LogP contribution < -0.4 is 16.3 Å². The zero-order chi connectivity index (χ0) is 21.5. The second-order valence-corrected chi connectivity index (χ2v) is 7.94. The molecule has 1 atom stereocenters. The second kappa shape index (κ2) is 7.48. The molecule has 0 amide bonds. The van der Waals surface area contributed by atoms with Gasteiger partial charge in [0.15, 0.2) is 0 Å². The maximum absolute atomic E-state index is 11.4. The molecule has 3 aromatic rings. The highest BCUT2D eigenvalue weighted by molar-refractivity contribution is 5.88. The first kappa shape index (κ1) is 19.2. The molecule has 0 saturated heterocycles. The number of aromatic nitrogens is 2. The van der Waals surface area contributed by atoms with Crippen LogP contribution in [-0.4, -0.2) is 32.4 Å². The molecule has 31 heavy (non-hydrogen) atoms. The average Bonchev–Trinajstić information content (AvgIpc) is 3.32. The van der Waals surface area contributed by atoms with Crippen molar-refractivity contribution in [2.24, 2.45) is 7.05 Å². The van der Waals surface area contributed by atoms with Gasteiger partial charge in [-0.3, -0.25) is 9.69 Å². The van der Waals surface area contributed by atoms with Gasteiger partial charge in [-0.05, 0) is 48.7 Å². The number of fused-ring (bicyclic) bond motifs is 3. The first-order valence-electron chi connectivity index (χ1n) is 10.2. The van der Waals surface area contributed by atoms with E-state index in [0.717, 1.165) is 46.7 Å². The molecule has 1 unspecified atom stereocenters. The smallest absolute Gasteiger partial charge is 0.335 e. The van der Waals surface area contributed by atoms with E-state index in [0.29, 0.717) is 0 Å². The summed E-state index contributed by atoms with van der Waals surface area (Å²) in [5.74, 6) is -0.930. The summed E-state index contributed by atoms with van der Waals surface area (Å²) >= 11 is 0. The topological polar surface area (TPSA) is 94.5 Å². The molecule has 0 radical (unpaired) electrons. The largest absolute Gasteiger partial charge is 0.478 e. The fraction of sp³-hybridized carbons (Fsp3) is 0.217. The minimum absolute atomic E-state index is 0.0170. The molecule has 0 spiro atoms. The van der Waals surface area contributed by atoms with Crippen LogP contribution in [0, 0.1) is 0 Å². The van der Waals surface area contributed by atoms with Gasteiger partial charge < -0.3 is 15.8 Å². The average molecular weight is 416 g/mol. The van der Waals surface area contributed by atoms with Crippen molar-refractivity contribution in [2.75, 3.05) is 11.9 Å². The summed E-state index contributed by atoms with van der Waals surface area (Å²) < 4.78 is 1.80. The van der Waals surface area contributed by atoms with Crippen LogP contribution in [0.5, 0.6) is 0 Å². The minimum Gasteiger partial charge on any atom is -0.478 e. The number of carboxylic acid groups (broad SMARTS) is 1. The lowest BCUT2D eigenvalue weighted by Crippen LogP contribution is -2.37. The van der Waals surface area contributed by atoms with E-state index in [1.165, 1.54) is 5.56 Å². The van der Waals surface area contributed by atoms with Gasteiger partial charge in [-0.1, -0.05) is 18.2 Å². The summed E-state index contributed by atoms with van der Waals surface area (Å²) in [5.41, 5.74) is 14.2. The van der Waals surface area contributed by atoms with E-state index in [-0.39, 0.29) is 11.6 Å². The third-order valence-corrected chi connectivity index (χ3v) is 5.82. The number of rotatable bonds is 4. The maximum atomic E-state index is 11.4. The molecule has 0 saturated carbocycles. The Hall–Kier alpha value is -3.78. The first-order chi connectivity index (χ1) is 15.0. The molecule has 8 nitrogen and oxygen atoms in total. The van der Waals surface area contributed by atoms with E-state index >= 15 is 0 Å². The number of carbonyl (C=O) groups is 1. The van der Waals surface area contributed by atoms with Gasteiger partial charge in [0.05, 0.1) is 29.2 Å². The van der Waals surface area contributed by atoms with E-state index < -0.39 is 5.97 Å². The van der Waals surface area contributed by atoms with E-state index in [1.54, 1.807) is 22.9 Å². The van der Waals surface area contributed by atoms with Gasteiger partial charge in [0, 0.05) is 36.6 Å². The van der Waals surface area contributed by atoms with Crippen LogP contribution >= 0.6 is 0 Å². The summed E-state index contributed by atoms with van der Waals surface area (Å²) in [6.45, 7) is 2.86. The molecule has 0 fully saturated rings. The van der Waals surface area contributed by atoms with Gasteiger partial charge in [-0.2, -0.15) is 5.10 Å². The van der Waals surface area contributed by atoms with Crippen LogP contribution in [0.15, 0.2) is 60.6 Å². The van der Waals surface area contributed by atoms with Crippen molar-refractivity contribution in [2.45, 2.75) is 19.4 Å². The van der Waals surface area contributed by atoms with Crippen molar-refractivity contribution in [3.05, 3.63) is 77.2 Å². The Morgan fingerprint density at radius 3 is 2.87 bits per heavy atom. The Morgan fingerprint density at radius 2 is 2.10 bits per heavy atom. The zero-order valence-corrected chi connectivity index (χ0v) is 17.4. The van der Waals surface area contributed by atoms with Gasteiger partial charge in [-0.25, -0.2) is 4.79 Å². The first-order valence-corrected chi connectivity index (χ1v) is 10.2. The fourth-order valence-corrected chi connectivity index (χ4v) is 4.31. The number of hydrogen-bond acceptors (Lipinski definition) is 6. The zero-order valence-electron chi connectivity index (χ0n) is 17.4. The molecule has 2 aromatic carbocycles. The number of anilines is 1. The standard InChI is InChI=1S/C23H24N6O2/c1-14-22-19-7-6-15(17-12-24-28(2)13-17)11-20(19)21(8-9-29(22)27-26-14)25-18-5-3-4-16(10-18)23(30)31/h3-7,10-13,21,25-27H,8-9H2,1-2H3,(H,30,31). The van der Waals surface area contributed by atoms with Crippen LogP contribution in [0.4, 0.5) is 5.69 Å². The molecular weight excluding hydrogens is 392 g/mol. The lowest BCUT2D eigenvalue weighted by atomic mass is 9.93. The molecule has 5 rings (SSSR count). The van der Waals surface area contributed by atoms with Crippen LogP contribution in [0.1, 0.15) is 40.9 Å². The highest BCUT2D eigenvalue weighted by atomic mass is 16.4. The summed E-state index contributed by atoms with van der Waals surface area (Å²) in [4.78, 5) is 11.4. The Labute approximate surface area is 180 Å². The van der Waals surface area contributed by atoms with Gasteiger partial charge in [0.1, 0.15) is 0 Å². The Kier molecular flexibility index (Phi) is 4.63. The molecule has 1 aromatic heterocycles. The minimum atomic E-state index is -0.930. The fourth-order valence-electron chi connectivity index (χ4n) is 4.31. The summed E-state index contributed by atoms with van der Waals surface area (Å²) in [6, 6.07) is 13.5. The molecule has 3 heterocycles. The lowest BCUT2D eigenvalue weighted by molar-refractivity contribution is 0.0697. The van der Waals surface area contributed by atoms with Crippen molar-refractivity contribution < 1.29 is 9.90 Å². The van der Waals surface area contributed by atoms with E-state index in [9.17, 15) is 9.90 Å². The van der Waals surface area contributed by atoms with E-state index in [4.69, 9.17) is 0 Å².